The van der Waals surface area contributed by atoms with Gasteiger partial charge in [-0.1, -0.05) is 36.2 Å². The minimum absolute atomic E-state index is 0.302. The van der Waals surface area contributed by atoms with Gasteiger partial charge in [-0.3, -0.25) is 0 Å². The Morgan fingerprint density at radius 1 is 1.26 bits per heavy atom. The zero-order chi connectivity index (χ0) is 13.8. The van der Waals surface area contributed by atoms with Crippen LogP contribution in [0, 0.1) is 5.82 Å². The van der Waals surface area contributed by atoms with Gasteiger partial charge >= 0.3 is 0 Å². The summed E-state index contributed by atoms with van der Waals surface area (Å²) in [7, 11) is 0. The summed E-state index contributed by atoms with van der Waals surface area (Å²) in [6.07, 6.45) is 3.00. The first-order chi connectivity index (χ1) is 9.17. The molecule has 1 N–H and O–H groups in total. The van der Waals surface area contributed by atoms with E-state index >= 15 is 0 Å². The quantitative estimate of drug-likeness (QED) is 0.772. The summed E-state index contributed by atoms with van der Waals surface area (Å²) < 4.78 is 20.4. The molecule has 2 nitrogen and oxygen atoms in total. The Morgan fingerprint density at radius 2 is 2.05 bits per heavy atom. The van der Waals surface area contributed by atoms with Gasteiger partial charge in [-0.05, 0) is 31.5 Å². The van der Waals surface area contributed by atoms with Crippen LogP contribution in [-0.4, -0.2) is 6.54 Å². The lowest BCUT2D eigenvalue weighted by Crippen LogP contribution is -2.14. The van der Waals surface area contributed by atoms with Crippen LogP contribution in [0.25, 0.3) is 11.0 Å². The molecule has 0 saturated carbocycles. The fraction of sp³-hybridized carbons (Fsp3) is 0.467. The molecule has 0 aliphatic heterocycles. The number of aryl methyl sites for hydroxylation is 1. The highest BCUT2D eigenvalue weighted by atomic mass is 79.9. The number of benzene rings is 1. The molecule has 19 heavy (non-hydrogen) atoms. The van der Waals surface area contributed by atoms with Crippen molar-refractivity contribution in [2.24, 2.45) is 0 Å². The van der Waals surface area contributed by atoms with Gasteiger partial charge in [0.15, 0.2) is 11.4 Å². The van der Waals surface area contributed by atoms with Crippen molar-refractivity contribution < 1.29 is 8.81 Å². The van der Waals surface area contributed by atoms with E-state index in [9.17, 15) is 4.39 Å². The molecule has 2 rings (SSSR count). The van der Waals surface area contributed by atoms with Crippen LogP contribution in [0.1, 0.15) is 38.0 Å². The monoisotopic (exact) mass is 327 g/mol. The van der Waals surface area contributed by atoms with E-state index in [1.807, 2.05) is 6.07 Å². The zero-order valence-corrected chi connectivity index (χ0v) is 12.9. The van der Waals surface area contributed by atoms with Gasteiger partial charge in [-0.15, -0.1) is 0 Å². The van der Waals surface area contributed by atoms with Gasteiger partial charge in [0, 0.05) is 15.4 Å². The fourth-order valence-electron chi connectivity index (χ4n) is 2.27. The van der Waals surface area contributed by atoms with Gasteiger partial charge in [0.05, 0.1) is 6.54 Å². The van der Waals surface area contributed by atoms with E-state index < -0.39 is 0 Å². The Labute approximate surface area is 121 Å². The molecule has 0 bridgehead atoms. The average Bonchev–Trinajstić information content (AvgIpc) is 2.70. The maximum absolute atomic E-state index is 13.9. The standard InChI is InChI=1S/C15H19BrFNO/c1-3-5-11-12-7-10(16)8-13(17)15(12)19-14(11)9-18-6-4-2/h7-8,18H,3-6,9H2,1-2H3. The van der Waals surface area contributed by atoms with Gasteiger partial charge < -0.3 is 9.73 Å². The Hall–Kier alpha value is -0.870. The van der Waals surface area contributed by atoms with Crippen LogP contribution >= 0.6 is 15.9 Å². The van der Waals surface area contributed by atoms with Crippen LogP contribution in [0.15, 0.2) is 21.0 Å². The van der Waals surface area contributed by atoms with Crippen LogP contribution in [-0.2, 0) is 13.0 Å². The SMILES string of the molecule is CCCNCc1oc2c(F)cc(Br)cc2c1CCC. The van der Waals surface area contributed by atoms with E-state index in [2.05, 4.69) is 35.1 Å². The van der Waals surface area contributed by atoms with Crippen LogP contribution in [0.3, 0.4) is 0 Å². The van der Waals surface area contributed by atoms with Crippen LogP contribution in [0.4, 0.5) is 4.39 Å². The van der Waals surface area contributed by atoms with Gasteiger partial charge in [0.2, 0.25) is 0 Å². The number of hydrogen-bond acceptors (Lipinski definition) is 2. The van der Waals surface area contributed by atoms with E-state index in [1.54, 1.807) is 0 Å². The highest BCUT2D eigenvalue weighted by Gasteiger charge is 2.16. The van der Waals surface area contributed by atoms with Crippen LogP contribution < -0.4 is 5.32 Å². The van der Waals surface area contributed by atoms with Crippen LogP contribution in [0.5, 0.6) is 0 Å². The molecule has 2 aromatic rings. The average molecular weight is 328 g/mol. The number of rotatable bonds is 6. The molecule has 0 fully saturated rings. The Bertz CT molecular complexity index is 565. The summed E-state index contributed by atoms with van der Waals surface area (Å²) in [6.45, 7) is 5.84. The van der Waals surface area contributed by atoms with Gasteiger partial charge in [-0.2, -0.15) is 0 Å². The Kier molecular flexibility index (Phi) is 4.99. The lowest BCUT2D eigenvalue weighted by molar-refractivity contribution is 0.489. The third-order valence-corrected chi connectivity index (χ3v) is 3.57. The summed E-state index contributed by atoms with van der Waals surface area (Å²) >= 11 is 3.34. The van der Waals surface area contributed by atoms with E-state index in [4.69, 9.17) is 4.42 Å². The summed E-state index contributed by atoms with van der Waals surface area (Å²) in [4.78, 5) is 0. The van der Waals surface area contributed by atoms with Crippen molar-refractivity contribution in [3.8, 4) is 0 Å². The molecule has 0 aliphatic rings. The lowest BCUT2D eigenvalue weighted by atomic mass is 10.1. The van der Waals surface area contributed by atoms with E-state index in [-0.39, 0.29) is 5.82 Å². The Balaban J connectivity index is 2.44. The summed E-state index contributed by atoms with van der Waals surface area (Å²) in [5, 5.41) is 4.21. The third kappa shape index (κ3) is 3.18. The minimum Gasteiger partial charge on any atom is -0.456 e. The van der Waals surface area contributed by atoms with Crippen LogP contribution in [0.2, 0.25) is 0 Å². The van der Waals surface area contributed by atoms with Gasteiger partial charge in [0.25, 0.3) is 0 Å². The molecule has 0 amide bonds. The van der Waals surface area contributed by atoms with E-state index in [0.717, 1.165) is 47.0 Å². The molecule has 0 unspecified atom stereocenters. The van der Waals surface area contributed by atoms with Gasteiger partial charge in [-0.25, -0.2) is 4.39 Å². The molecule has 0 radical (unpaired) electrons. The molecule has 1 aromatic carbocycles. The molecule has 104 valence electrons. The summed E-state index contributed by atoms with van der Waals surface area (Å²) in [5.41, 5.74) is 1.50. The van der Waals surface area contributed by atoms with Crippen molar-refractivity contribution in [2.75, 3.05) is 6.54 Å². The molecule has 4 heteroatoms. The molecule has 0 spiro atoms. The smallest absolute Gasteiger partial charge is 0.170 e. The largest absolute Gasteiger partial charge is 0.456 e. The fourth-order valence-corrected chi connectivity index (χ4v) is 2.70. The first-order valence-corrected chi connectivity index (χ1v) is 7.56. The number of halogens is 2. The van der Waals surface area contributed by atoms with Crippen molar-refractivity contribution in [3.63, 3.8) is 0 Å². The number of furan rings is 1. The van der Waals surface area contributed by atoms with Crippen molar-refractivity contribution >= 4 is 26.9 Å². The third-order valence-electron chi connectivity index (χ3n) is 3.11. The normalized spacial score (nSPS) is 11.4. The molecule has 0 saturated heterocycles. The predicted molar refractivity (Wildman–Crippen MR) is 79.9 cm³/mol. The molecule has 1 aromatic heterocycles. The van der Waals surface area contributed by atoms with Crippen molar-refractivity contribution in [1.82, 2.24) is 5.32 Å². The molecular formula is C15H19BrFNO. The zero-order valence-electron chi connectivity index (χ0n) is 11.4. The predicted octanol–water partition coefficient (Wildman–Crippen LogP) is 4.79. The highest BCUT2D eigenvalue weighted by Crippen LogP contribution is 2.31. The summed E-state index contributed by atoms with van der Waals surface area (Å²) in [5.74, 6) is 0.561. The van der Waals surface area contributed by atoms with E-state index in [0.29, 0.717) is 12.1 Å². The first kappa shape index (κ1) is 14.5. The maximum Gasteiger partial charge on any atom is 0.170 e. The van der Waals surface area contributed by atoms with Crippen molar-refractivity contribution in [1.29, 1.82) is 0 Å². The highest BCUT2D eigenvalue weighted by molar-refractivity contribution is 9.10. The second-order valence-electron chi connectivity index (χ2n) is 4.69. The maximum atomic E-state index is 13.9. The molecule has 1 heterocycles. The lowest BCUT2D eigenvalue weighted by Gasteiger charge is -2.03. The van der Waals surface area contributed by atoms with Crippen molar-refractivity contribution in [2.45, 2.75) is 39.7 Å². The van der Waals surface area contributed by atoms with Crippen molar-refractivity contribution in [3.05, 3.63) is 33.7 Å². The second kappa shape index (κ2) is 6.53. The molecule has 0 aliphatic carbocycles. The van der Waals surface area contributed by atoms with Gasteiger partial charge in [0.1, 0.15) is 5.76 Å². The second-order valence-corrected chi connectivity index (χ2v) is 5.61. The molecular weight excluding hydrogens is 309 g/mol. The summed E-state index contributed by atoms with van der Waals surface area (Å²) in [6, 6.07) is 3.39. The minimum atomic E-state index is -0.302. The number of hydrogen-bond donors (Lipinski definition) is 1. The molecule has 0 atom stereocenters. The Morgan fingerprint density at radius 3 is 2.74 bits per heavy atom. The first-order valence-electron chi connectivity index (χ1n) is 6.77. The number of nitrogens with one attached hydrogen (secondary N) is 1. The number of fused-ring (bicyclic) bond motifs is 1. The topological polar surface area (TPSA) is 25.2 Å². The van der Waals surface area contributed by atoms with E-state index in [1.165, 1.54) is 6.07 Å².